The Morgan fingerprint density at radius 2 is 2.15 bits per heavy atom. The lowest BCUT2D eigenvalue weighted by molar-refractivity contribution is 0.642. The van der Waals surface area contributed by atoms with Crippen LogP contribution in [-0.4, -0.2) is 14.6 Å². The van der Waals surface area contributed by atoms with Gasteiger partial charge >= 0.3 is 0 Å². The van der Waals surface area contributed by atoms with Gasteiger partial charge in [0.05, 0.1) is 22.1 Å². The number of nitrogens with one attached hydrogen (secondary N) is 1. The van der Waals surface area contributed by atoms with Gasteiger partial charge in [-0.2, -0.15) is 0 Å². The van der Waals surface area contributed by atoms with E-state index in [0.717, 1.165) is 33.5 Å². The number of nitrogens with zero attached hydrogens (tertiary/aromatic N) is 3. The fourth-order valence-electron chi connectivity index (χ4n) is 2.35. The molecule has 2 aromatic heterocycles. The first-order valence-electron chi connectivity index (χ1n) is 6.46. The second kappa shape index (κ2) is 5.62. The molecule has 0 aliphatic rings. The van der Waals surface area contributed by atoms with Crippen molar-refractivity contribution in [3.8, 4) is 0 Å². The third kappa shape index (κ3) is 2.18. The van der Waals surface area contributed by atoms with E-state index in [1.54, 1.807) is 6.20 Å². The fraction of sp³-hybridized carbons (Fsp3) is 0.214. The molecular formula is C14H15N5S. The number of para-hydroxylation sites is 1. The summed E-state index contributed by atoms with van der Waals surface area (Å²) in [6.07, 6.45) is 2.63. The molecule has 1 unspecified atom stereocenters. The zero-order chi connectivity index (χ0) is 13.9. The van der Waals surface area contributed by atoms with E-state index in [-0.39, 0.29) is 6.04 Å². The molecule has 102 valence electrons. The van der Waals surface area contributed by atoms with E-state index in [1.807, 2.05) is 30.3 Å². The molecule has 3 N–H and O–H groups in total. The van der Waals surface area contributed by atoms with E-state index in [2.05, 4.69) is 26.9 Å². The molecule has 0 saturated heterocycles. The second-order valence-corrected chi connectivity index (χ2v) is 5.25. The summed E-state index contributed by atoms with van der Waals surface area (Å²) in [4.78, 5) is 5.53. The predicted octanol–water partition coefficient (Wildman–Crippen LogP) is 2.20. The van der Waals surface area contributed by atoms with Crippen LogP contribution >= 0.6 is 11.5 Å². The molecule has 20 heavy (non-hydrogen) atoms. The van der Waals surface area contributed by atoms with Gasteiger partial charge in [-0.15, -0.1) is 5.10 Å². The maximum atomic E-state index is 5.78. The van der Waals surface area contributed by atoms with Crippen molar-refractivity contribution in [3.05, 3.63) is 52.7 Å². The minimum Gasteiger partial charge on any atom is -0.271 e. The van der Waals surface area contributed by atoms with E-state index >= 15 is 0 Å². The van der Waals surface area contributed by atoms with Crippen molar-refractivity contribution in [1.82, 2.24) is 20.0 Å². The van der Waals surface area contributed by atoms with Crippen molar-refractivity contribution in [2.24, 2.45) is 5.84 Å². The molecule has 3 rings (SSSR count). The van der Waals surface area contributed by atoms with Crippen LogP contribution in [-0.2, 0) is 6.42 Å². The van der Waals surface area contributed by atoms with Gasteiger partial charge in [0.2, 0.25) is 0 Å². The molecule has 3 aromatic rings. The van der Waals surface area contributed by atoms with Gasteiger partial charge in [0, 0.05) is 17.1 Å². The largest absolute Gasteiger partial charge is 0.271 e. The maximum absolute atomic E-state index is 5.78. The lowest BCUT2D eigenvalue weighted by Gasteiger charge is -2.16. The maximum Gasteiger partial charge on any atom is 0.0858 e. The smallest absolute Gasteiger partial charge is 0.0858 e. The van der Waals surface area contributed by atoms with Crippen molar-refractivity contribution >= 4 is 22.4 Å². The van der Waals surface area contributed by atoms with Gasteiger partial charge in [0.25, 0.3) is 0 Å². The Kier molecular flexibility index (Phi) is 3.68. The molecule has 0 aliphatic carbocycles. The number of nitrogens with two attached hydrogens (primary N) is 1. The number of hydrogen-bond donors (Lipinski definition) is 2. The summed E-state index contributed by atoms with van der Waals surface area (Å²) < 4.78 is 4.04. The highest BCUT2D eigenvalue weighted by Gasteiger charge is 2.21. The van der Waals surface area contributed by atoms with E-state index in [9.17, 15) is 0 Å². The summed E-state index contributed by atoms with van der Waals surface area (Å²) in [5, 5.41) is 5.26. The summed E-state index contributed by atoms with van der Waals surface area (Å²) in [5.74, 6) is 5.78. The molecule has 5 nitrogen and oxygen atoms in total. The molecule has 6 heteroatoms. The van der Waals surface area contributed by atoms with E-state index < -0.39 is 0 Å². The van der Waals surface area contributed by atoms with Crippen molar-refractivity contribution < 1.29 is 0 Å². The van der Waals surface area contributed by atoms with E-state index in [1.165, 1.54) is 11.5 Å². The fourth-order valence-corrected chi connectivity index (χ4v) is 3.17. The summed E-state index contributed by atoms with van der Waals surface area (Å²) in [7, 11) is 0. The standard InChI is InChI=1S/C14H15N5S/c1-2-11-14(20-19-18-11)13(17-15)10-7-3-5-9-6-4-8-16-12(9)10/h3-8,13,17H,2,15H2,1H3. The molecule has 0 fully saturated rings. The molecule has 0 amide bonds. The van der Waals surface area contributed by atoms with Gasteiger partial charge in [0.1, 0.15) is 0 Å². The van der Waals surface area contributed by atoms with Crippen LogP contribution in [0.1, 0.15) is 29.1 Å². The van der Waals surface area contributed by atoms with Gasteiger partial charge in [-0.1, -0.05) is 35.7 Å². The first-order chi connectivity index (χ1) is 9.85. The first-order valence-corrected chi connectivity index (χ1v) is 7.23. The number of rotatable bonds is 4. The summed E-state index contributed by atoms with van der Waals surface area (Å²) >= 11 is 1.38. The second-order valence-electron chi connectivity index (χ2n) is 4.46. The third-order valence-electron chi connectivity index (χ3n) is 3.32. The molecule has 0 saturated carbocycles. The highest BCUT2D eigenvalue weighted by atomic mass is 32.1. The van der Waals surface area contributed by atoms with Gasteiger partial charge in [0.15, 0.2) is 0 Å². The minimum absolute atomic E-state index is 0.136. The van der Waals surface area contributed by atoms with Crippen LogP contribution in [0, 0.1) is 0 Å². The van der Waals surface area contributed by atoms with Gasteiger partial charge in [-0.05, 0) is 24.0 Å². The van der Waals surface area contributed by atoms with Crippen molar-refractivity contribution in [2.45, 2.75) is 19.4 Å². The normalized spacial score (nSPS) is 12.7. The molecule has 1 atom stereocenters. The quantitative estimate of drug-likeness (QED) is 0.567. The van der Waals surface area contributed by atoms with Crippen LogP contribution in [0.2, 0.25) is 0 Å². The van der Waals surface area contributed by atoms with Crippen molar-refractivity contribution in [1.29, 1.82) is 0 Å². The average Bonchev–Trinajstić information content (AvgIpc) is 2.97. The van der Waals surface area contributed by atoms with Crippen LogP contribution < -0.4 is 11.3 Å². The third-order valence-corrected chi connectivity index (χ3v) is 4.16. The van der Waals surface area contributed by atoms with Crippen LogP contribution in [0.25, 0.3) is 10.9 Å². The zero-order valence-electron chi connectivity index (χ0n) is 11.1. The minimum atomic E-state index is -0.136. The van der Waals surface area contributed by atoms with Gasteiger partial charge < -0.3 is 0 Å². The Bertz CT molecular complexity index is 719. The number of hydrogen-bond acceptors (Lipinski definition) is 6. The number of aryl methyl sites for hydroxylation is 1. The number of benzene rings is 1. The first kappa shape index (κ1) is 13.1. The molecule has 1 aromatic carbocycles. The summed E-state index contributed by atoms with van der Waals surface area (Å²) in [5.41, 5.74) is 5.86. The van der Waals surface area contributed by atoms with E-state index in [0.29, 0.717) is 0 Å². The summed E-state index contributed by atoms with van der Waals surface area (Å²) in [6.45, 7) is 2.06. The van der Waals surface area contributed by atoms with Crippen molar-refractivity contribution in [3.63, 3.8) is 0 Å². The topological polar surface area (TPSA) is 76.7 Å². The molecule has 2 heterocycles. The van der Waals surface area contributed by atoms with Crippen LogP contribution in [0.15, 0.2) is 36.5 Å². The Morgan fingerprint density at radius 3 is 2.95 bits per heavy atom. The Morgan fingerprint density at radius 1 is 1.30 bits per heavy atom. The monoisotopic (exact) mass is 285 g/mol. The van der Waals surface area contributed by atoms with Crippen LogP contribution in [0.5, 0.6) is 0 Å². The number of fused-ring (bicyclic) bond motifs is 1. The predicted molar refractivity (Wildman–Crippen MR) is 80.2 cm³/mol. The number of hydrazine groups is 1. The van der Waals surface area contributed by atoms with Gasteiger partial charge in [-0.3, -0.25) is 10.8 Å². The Hall–Kier alpha value is -1.89. The van der Waals surface area contributed by atoms with Crippen molar-refractivity contribution in [2.75, 3.05) is 0 Å². The number of pyridine rings is 1. The van der Waals surface area contributed by atoms with Crippen LogP contribution in [0.4, 0.5) is 0 Å². The highest BCUT2D eigenvalue weighted by molar-refractivity contribution is 7.05. The molecule has 0 radical (unpaired) electrons. The SMILES string of the molecule is CCc1nnsc1C(NN)c1cccc2cccnc12. The number of aromatic nitrogens is 3. The lowest BCUT2D eigenvalue weighted by atomic mass is 10.0. The molecule has 0 bridgehead atoms. The Labute approximate surface area is 121 Å². The highest BCUT2D eigenvalue weighted by Crippen LogP contribution is 2.30. The lowest BCUT2D eigenvalue weighted by Crippen LogP contribution is -2.29. The zero-order valence-corrected chi connectivity index (χ0v) is 11.9. The average molecular weight is 285 g/mol. The van der Waals surface area contributed by atoms with Gasteiger partial charge in [-0.25, -0.2) is 5.43 Å². The Balaban J connectivity index is 2.17. The van der Waals surface area contributed by atoms with E-state index in [4.69, 9.17) is 5.84 Å². The molecular weight excluding hydrogens is 270 g/mol. The molecule has 0 aliphatic heterocycles. The van der Waals surface area contributed by atoms with Crippen LogP contribution in [0.3, 0.4) is 0 Å². The summed E-state index contributed by atoms with van der Waals surface area (Å²) in [6, 6.07) is 9.95. The molecule has 0 spiro atoms.